The SMILES string of the molecule is CC1OCCC1(C)NS(=O)(=O)Cc1cccc(C(=O)O)c1. The highest BCUT2D eigenvalue weighted by atomic mass is 32.2. The molecule has 116 valence electrons. The first kappa shape index (κ1) is 15.9. The number of ether oxygens (including phenoxy) is 1. The van der Waals surface area contributed by atoms with E-state index in [1.807, 2.05) is 13.8 Å². The molecular weight excluding hydrogens is 294 g/mol. The van der Waals surface area contributed by atoms with Crippen LogP contribution in [0.3, 0.4) is 0 Å². The number of carboxylic acid groups (broad SMARTS) is 1. The van der Waals surface area contributed by atoms with Crippen molar-refractivity contribution in [3.8, 4) is 0 Å². The molecule has 1 aromatic rings. The minimum absolute atomic E-state index is 0.0754. The fraction of sp³-hybridized carbons (Fsp3) is 0.500. The van der Waals surface area contributed by atoms with Gasteiger partial charge in [-0.1, -0.05) is 12.1 Å². The molecule has 0 aliphatic carbocycles. The fourth-order valence-electron chi connectivity index (χ4n) is 2.37. The highest BCUT2D eigenvalue weighted by Crippen LogP contribution is 2.26. The first-order chi connectivity index (χ1) is 9.72. The lowest BCUT2D eigenvalue weighted by Crippen LogP contribution is -2.50. The molecule has 21 heavy (non-hydrogen) atoms. The van der Waals surface area contributed by atoms with E-state index in [9.17, 15) is 13.2 Å². The molecule has 1 aliphatic rings. The molecule has 0 spiro atoms. The van der Waals surface area contributed by atoms with Crippen LogP contribution in [-0.2, 0) is 20.5 Å². The minimum atomic E-state index is -3.57. The Kier molecular flexibility index (Phi) is 4.36. The lowest BCUT2D eigenvalue weighted by molar-refractivity contribution is 0.0696. The molecule has 0 saturated carbocycles. The molecule has 2 rings (SSSR count). The largest absolute Gasteiger partial charge is 0.478 e. The summed E-state index contributed by atoms with van der Waals surface area (Å²) in [6.07, 6.45) is 0.417. The zero-order chi connectivity index (χ0) is 15.7. The van der Waals surface area contributed by atoms with E-state index >= 15 is 0 Å². The normalized spacial score (nSPS) is 25.9. The topological polar surface area (TPSA) is 92.7 Å². The fourth-order valence-corrected chi connectivity index (χ4v) is 4.04. The van der Waals surface area contributed by atoms with Crippen LogP contribution < -0.4 is 4.72 Å². The Bertz CT molecular complexity index is 643. The van der Waals surface area contributed by atoms with E-state index in [0.29, 0.717) is 18.6 Å². The van der Waals surface area contributed by atoms with Crippen LogP contribution in [0.5, 0.6) is 0 Å². The summed E-state index contributed by atoms with van der Waals surface area (Å²) in [7, 11) is -3.57. The molecule has 0 aromatic heterocycles. The van der Waals surface area contributed by atoms with Gasteiger partial charge in [-0.2, -0.15) is 0 Å². The van der Waals surface area contributed by atoms with Crippen LogP contribution in [0.25, 0.3) is 0 Å². The van der Waals surface area contributed by atoms with Gasteiger partial charge in [-0.15, -0.1) is 0 Å². The maximum atomic E-state index is 12.3. The molecule has 1 fully saturated rings. The van der Waals surface area contributed by atoms with Crippen molar-refractivity contribution < 1.29 is 23.1 Å². The number of rotatable bonds is 5. The summed E-state index contributed by atoms with van der Waals surface area (Å²) in [5.41, 5.74) is -0.104. The molecule has 1 heterocycles. The van der Waals surface area contributed by atoms with Crippen molar-refractivity contribution >= 4 is 16.0 Å². The van der Waals surface area contributed by atoms with E-state index in [0.717, 1.165) is 0 Å². The van der Waals surface area contributed by atoms with Gasteiger partial charge in [0.2, 0.25) is 10.0 Å². The summed E-state index contributed by atoms with van der Waals surface area (Å²) in [6.45, 7) is 4.17. The zero-order valence-corrected chi connectivity index (χ0v) is 12.8. The van der Waals surface area contributed by atoms with Crippen molar-refractivity contribution in [1.29, 1.82) is 0 Å². The van der Waals surface area contributed by atoms with Crippen molar-refractivity contribution in [2.75, 3.05) is 6.61 Å². The number of benzene rings is 1. The van der Waals surface area contributed by atoms with E-state index in [1.165, 1.54) is 18.2 Å². The molecule has 2 atom stereocenters. The molecule has 0 radical (unpaired) electrons. The molecule has 7 heteroatoms. The van der Waals surface area contributed by atoms with Crippen LogP contribution in [0.1, 0.15) is 36.2 Å². The van der Waals surface area contributed by atoms with Crippen molar-refractivity contribution in [3.05, 3.63) is 35.4 Å². The minimum Gasteiger partial charge on any atom is -0.478 e. The number of hydrogen-bond acceptors (Lipinski definition) is 4. The maximum absolute atomic E-state index is 12.3. The molecular formula is C14H19NO5S. The van der Waals surface area contributed by atoms with Gasteiger partial charge < -0.3 is 9.84 Å². The molecule has 6 nitrogen and oxygen atoms in total. The standard InChI is InChI=1S/C14H19NO5S/c1-10-14(2,6-7-20-10)15-21(18,19)9-11-4-3-5-12(8-11)13(16)17/h3-5,8,10,15H,6-7,9H2,1-2H3,(H,16,17). The van der Waals surface area contributed by atoms with Gasteiger partial charge in [0, 0.05) is 6.61 Å². The number of carbonyl (C=O) groups is 1. The Morgan fingerprint density at radius 2 is 2.24 bits per heavy atom. The number of nitrogens with one attached hydrogen (secondary N) is 1. The lowest BCUT2D eigenvalue weighted by Gasteiger charge is -2.28. The van der Waals surface area contributed by atoms with Gasteiger partial charge in [-0.25, -0.2) is 17.9 Å². The Labute approximate surface area is 124 Å². The Morgan fingerprint density at radius 1 is 1.52 bits per heavy atom. The van der Waals surface area contributed by atoms with Gasteiger partial charge in [-0.3, -0.25) is 0 Å². The number of carboxylic acids is 1. The second-order valence-electron chi connectivity index (χ2n) is 5.55. The third-order valence-electron chi connectivity index (χ3n) is 3.81. The first-order valence-electron chi connectivity index (χ1n) is 6.67. The van der Waals surface area contributed by atoms with E-state index in [1.54, 1.807) is 6.07 Å². The van der Waals surface area contributed by atoms with E-state index in [-0.39, 0.29) is 17.4 Å². The Morgan fingerprint density at radius 3 is 2.81 bits per heavy atom. The van der Waals surface area contributed by atoms with Crippen LogP contribution in [0, 0.1) is 0 Å². The van der Waals surface area contributed by atoms with Gasteiger partial charge in [-0.05, 0) is 38.0 Å². The van der Waals surface area contributed by atoms with Crippen LogP contribution in [-0.4, -0.2) is 37.7 Å². The van der Waals surface area contributed by atoms with E-state index in [4.69, 9.17) is 9.84 Å². The predicted octanol–water partition coefficient (Wildman–Crippen LogP) is 1.37. The third kappa shape index (κ3) is 3.81. The van der Waals surface area contributed by atoms with Crippen LogP contribution in [0.15, 0.2) is 24.3 Å². The second kappa shape index (κ2) is 5.75. The molecule has 2 N–H and O–H groups in total. The highest BCUT2D eigenvalue weighted by Gasteiger charge is 2.40. The molecule has 1 aliphatic heterocycles. The monoisotopic (exact) mass is 313 g/mol. The van der Waals surface area contributed by atoms with Gasteiger partial charge in [0.05, 0.1) is 23.0 Å². The van der Waals surface area contributed by atoms with Gasteiger partial charge in [0.1, 0.15) is 0 Å². The highest BCUT2D eigenvalue weighted by molar-refractivity contribution is 7.88. The van der Waals surface area contributed by atoms with Crippen LogP contribution in [0.4, 0.5) is 0 Å². The molecule has 1 aromatic carbocycles. The average Bonchev–Trinajstić information content (AvgIpc) is 2.67. The van der Waals surface area contributed by atoms with E-state index < -0.39 is 21.5 Å². The van der Waals surface area contributed by atoms with Crippen molar-refractivity contribution in [2.24, 2.45) is 0 Å². The number of aromatic carboxylic acids is 1. The van der Waals surface area contributed by atoms with Gasteiger partial charge in [0.15, 0.2) is 0 Å². The van der Waals surface area contributed by atoms with Crippen molar-refractivity contribution in [3.63, 3.8) is 0 Å². The Hall–Kier alpha value is -1.44. The van der Waals surface area contributed by atoms with Crippen LogP contribution >= 0.6 is 0 Å². The quantitative estimate of drug-likeness (QED) is 0.856. The van der Waals surface area contributed by atoms with Crippen molar-refractivity contribution in [1.82, 2.24) is 4.72 Å². The summed E-state index contributed by atoms with van der Waals surface area (Å²) in [5.74, 6) is -1.33. The predicted molar refractivity (Wildman–Crippen MR) is 77.6 cm³/mol. The molecule has 2 unspecified atom stereocenters. The van der Waals surface area contributed by atoms with Crippen LogP contribution in [0.2, 0.25) is 0 Å². The summed E-state index contributed by atoms with van der Waals surface area (Å²) in [6, 6.07) is 5.94. The zero-order valence-electron chi connectivity index (χ0n) is 12.0. The second-order valence-corrected chi connectivity index (χ2v) is 7.27. The Balaban J connectivity index is 2.14. The summed E-state index contributed by atoms with van der Waals surface area (Å²) < 4.78 is 32.6. The number of sulfonamides is 1. The number of hydrogen-bond donors (Lipinski definition) is 2. The maximum Gasteiger partial charge on any atom is 0.335 e. The third-order valence-corrected chi connectivity index (χ3v) is 5.30. The molecule has 0 amide bonds. The average molecular weight is 313 g/mol. The summed E-state index contributed by atoms with van der Waals surface area (Å²) >= 11 is 0. The summed E-state index contributed by atoms with van der Waals surface area (Å²) in [4.78, 5) is 10.9. The van der Waals surface area contributed by atoms with Gasteiger partial charge in [0.25, 0.3) is 0 Å². The van der Waals surface area contributed by atoms with E-state index in [2.05, 4.69) is 4.72 Å². The van der Waals surface area contributed by atoms with Crippen molar-refractivity contribution in [2.45, 2.75) is 37.7 Å². The molecule has 0 bridgehead atoms. The molecule has 1 saturated heterocycles. The first-order valence-corrected chi connectivity index (χ1v) is 8.33. The smallest absolute Gasteiger partial charge is 0.335 e. The van der Waals surface area contributed by atoms with Gasteiger partial charge >= 0.3 is 5.97 Å². The summed E-state index contributed by atoms with van der Waals surface area (Å²) in [5, 5.41) is 8.93. The lowest BCUT2D eigenvalue weighted by atomic mass is 9.97.